The van der Waals surface area contributed by atoms with E-state index in [2.05, 4.69) is 5.32 Å². The van der Waals surface area contributed by atoms with Gasteiger partial charge in [0.2, 0.25) is 5.91 Å². The second-order valence-electron chi connectivity index (χ2n) is 5.22. The first kappa shape index (κ1) is 14.3. The van der Waals surface area contributed by atoms with Gasteiger partial charge in [-0.25, -0.2) is 4.79 Å². The average molecular weight is 271 g/mol. The molecule has 2 heterocycles. The van der Waals surface area contributed by atoms with Gasteiger partial charge in [0.1, 0.15) is 6.04 Å². The Hall–Kier alpha value is -1.14. The van der Waals surface area contributed by atoms with Crippen LogP contribution in [0.3, 0.4) is 0 Å². The summed E-state index contributed by atoms with van der Waals surface area (Å²) in [6, 6.07) is -0.852. The lowest BCUT2D eigenvalue weighted by molar-refractivity contribution is -0.146. The summed E-state index contributed by atoms with van der Waals surface area (Å²) >= 11 is 0. The fourth-order valence-electron chi connectivity index (χ4n) is 2.63. The quantitative estimate of drug-likeness (QED) is 0.773. The zero-order valence-corrected chi connectivity index (χ0v) is 11.0. The van der Waals surface area contributed by atoms with Gasteiger partial charge in [0.15, 0.2) is 0 Å². The minimum atomic E-state index is -0.986. The number of hydrogen-bond acceptors (Lipinski definition) is 4. The van der Waals surface area contributed by atoms with Crippen molar-refractivity contribution >= 4 is 11.9 Å². The van der Waals surface area contributed by atoms with E-state index in [0.717, 1.165) is 25.7 Å². The molecule has 6 nitrogen and oxygen atoms in total. The van der Waals surface area contributed by atoms with Crippen molar-refractivity contribution in [3.05, 3.63) is 0 Å². The number of rotatable bonds is 4. The van der Waals surface area contributed by atoms with Gasteiger partial charge < -0.3 is 19.9 Å². The van der Waals surface area contributed by atoms with Crippen LogP contribution in [0.15, 0.2) is 0 Å². The summed E-state index contributed by atoms with van der Waals surface area (Å²) in [4.78, 5) is 23.4. The maximum atomic E-state index is 12.1. The van der Waals surface area contributed by atoms with E-state index in [1.165, 1.54) is 0 Å². The summed E-state index contributed by atoms with van der Waals surface area (Å²) in [5, 5.41) is 11.9. The lowest BCUT2D eigenvalue weighted by atomic mass is 9.92. The molecule has 2 fully saturated rings. The molecular formula is C13H21NO5. The van der Waals surface area contributed by atoms with Gasteiger partial charge in [0.05, 0.1) is 19.1 Å². The standard InChI is InChI=1S/C13H21NO5/c15-12(10-4-2-6-19-8-10)14-11(13(16)17)9-3-1-5-18-7-9/h9-11H,1-8H2,(H,14,15)(H,16,17). The lowest BCUT2D eigenvalue weighted by Crippen LogP contribution is -2.51. The molecule has 0 aromatic rings. The minimum Gasteiger partial charge on any atom is -0.480 e. The molecule has 3 unspecified atom stereocenters. The first-order valence-corrected chi connectivity index (χ1v) is 6.87. The predicted molar refractivity (Wildman–Crippen MR) is 66.7 cm³/mol. The van der Waals surface area contributed by atoms with Crippen LogP contribution in [0.4, 0.5) is 0 Å². The number of aliphatic carboxylic acids is 1. The number of hydrogen-bond donors (Lipinski definition) is 2. The third kappa shape index (κ3) is 3.91. The van der Waals surface area contributed by atoms with Crippen LogP contribution in [-0.2, 0) is 19.1 Å². The number of carboxylic acids is 1. The van der Waals surface area contributed by atoms with E-state index < -0.39 is 12.0 Å². The van der Waals surface area contributed by atoms with Crippen molar-refractivity contribution in [3.63, 3.8) is 0 Å². The van der Waals surface area contributed by atoms with E-state index in [-0.39, 0.29) is 17.7 Å². The highest BCUT2D eigenvalue weighted by molar-refractivity contribution is 5.85. The Morgan fingerprint density at radius 2 is 1.79 bits per heavy atom. The summed E-state index contributed by atoms with van der Waals surface area (Å²) in [5.74, 6) is -1.56. The molecule has 0 aliphatic carbocycles. The fourth-order valence-corrected chi connectivity index (χ4v) is 2.63. The van der Waals surface area contributed by atoms with Crippen LogP contribution in [0.25, 0.3) is 0 Å². The first-order chi connectivity index (χ1) is 9.18. The number of nitrogens with one attached hydrogen (secondary N) is 1. The van der Waals surface area contributed by atoms with Crippen LogP contribution in [-0.4, -0.2) is 49.5 Å². The number of carboxylic acid groups (broad SMARTS) is 1. The van der Waals surface area contributed by atoms with Crippen LogP contribution in [0, 0.1) is 11.8 Å². The molecule has 0 bridgehead atoms. The van der Waals surface area contributed by atoms with Gasteiger partial charge in [-0.2, -0.15) is 0 Å². The molecule has 1 amide bonds. The molecule has 6 heteroatoms. The van der Waals surface area contributed by atoms with E-state index in [0.29, 0.717) is 26.4 Å². The van der Waals surface area contributed by atoms with Crippen LogP contribution in [0.2, 0.25) is 0 Å². The zero-order chi connectivity index (χ0) is 13.7. The van der Waals surface area contributed by atoms with Gasteiger partial charge in [0, 0.05) is 19.1 Å². The molecule has 19 heavy (non-hydrogen) atoms. The first-order valence-electron chi connectivity index (χ1n) is 6.87. The number of carbonyl (C=O) groups is 2. The highest BCUT2D eigenvalue weighted by Gasteiger charge is 2.33. The number of amides is 1. The monoisotopic (exact) mass is 271 g/mol. The van der Waals surface area contributed by atoms with Crippen molar-refractivity contribution in [2.45, 2.75) is 31.7 Å². The van der Waals surface area contributed by atoms with Gasteiger partial charge >= 0.3 is 5.97 Å². The van der Waals surface area contributed by atoms with Crippen molar-refractivity contribution in [1.82, 2.24) is 5.32 Å². The Labute approximate surface area is 112 Å². The molecular weight excluding hydrogens is 250 g/mol. The topological polar surface area (TPSA) is 84.9 Å². The smallest absolute Gasteiger partial charge is 0.326 e. The minimum absolute atomic E-state index is 0.139. The van der Waals surface area contributed by atoms with Gasteiger partial charge in [-0.3, -0.25) is 4.79 Å². The SMILES string of the molecule is O=C(NC(C(=O)O)C1CCCOC1)C1CCCOC1. The van der Waals surface area contributed by atoms with Crippen LogP contribution in [0.1, 0.15) is 25.7 Å². The summed E-state index contributed by atoms with van der Waals surface area (Å²) < 4.78 is 10.6. The van der Waals surface area contributed by atoms with Gasteiger partial charge in [0.25, 0.3) is 0 Å². The van der Waals surface area contributed by atoms with Crippen molar-refractivity contribution in [2.75, 3.05) is 26.4 Å². The van der Waals surface area contributed by atoms with Gasteiger partial charge in [-0.05, 0) is 25.7 Å². The molecule has 0 radical (unpaired) electrons. The molecule has 3 atom stereocenters. The Morgan fingerprint density at radius 3 is 2.32 bits per heavy atom. The Bertz CT molecular complexity index is 321. The highest BCUT2D eigenvalue weighted by atomic mass is 16.5. The van der Waals surface area contributed by atoms with E-state index >= 15 is 0 Å². The third-order valence-corrected chi connectivity index (χ3v) is 3.76. The normalized spacial score (nSPS) is 29.5. The van der Waals surface area contributed by atoms with Gasteiger partial charge in [-0.1, -0.05) is 0 Å². The molecule has 0 spiro atoms. The molecule has 2 N–H and O–H groups in total. The van der Waals surface area contributed by atoms with Crippen molar-refractivity contribution in [2.24, 2.45) is 11.8 Å². The summed E-state index contributed by atoms with van der Waals surface area (Å²) in [6.07, 6.45) is 3.23. The van der Waals surface area contributed by atoms with Crippen LogP contribution >= 0.6 is 0 Å². The fraction of sp³-hybridized carbons (Fsp3) is 0.846. The zero-order valence-electron chi connectivity index (χ0n) is 11.0. The van der Waals surface area contributed by atoms with Crippen LogP contribution in [0.5, 0.6) is 0 Å². The number of carbonyl (C=O) groups excluding carboxylic acids is 1. The lowest BCUT2D eigenvalue weighted by Gasteiger charge is -2.30. The second-order valence-corrected chi connectivity index (χ2v) is 5.22. The van der Waals surface area contributed by atoms with Crippen LogP contribution < -0.4 is 5.32 Å². The highest BCUT2D eigenvalue weighted by Crippen LogP contribution is 2.19. The average Bonchev–Trinajstić information content (AvgIpc) is 2.46. The molecule has 108 valence electrons. The third-order valence-electron chi connectivity index (χ3n) is 3.76. The van der Waals surface area contributed by atoms with E-state index in [4.69, 9.17) is 9.47 Å². The summed E-state index contributed by atoms with van der Waals surface area (Å²) in [6.45, 7) is 2.15. The van der Waals surface area contributed by atoms with Gasteiger partial charge in [-0.15, -0.1) is 0 Å². The molecule has 2 aliphatic heterocycles. The second kappa shape index (κ2) is 6.86. The molecule has 2 rings (SSSR count). The number of ether oxygens (including phenoxy) is 2. The van der Waals surface area contributed by atoms with E-state index in [9.17, 15) is 14.7 Å². The summed E-state index contributed by atoms with van der Waals surface area (Å²) in [5.41, 5.74) is 0. The maximum Gasteiger partial charge on any atom is 0.326 e. The molecule has 0 saturated carbocycles. The molecule has 2 saturated heterocycles. The van der Waals surface area contributed by atoms with Crippen molar-refractivity contribution in [1.29, 1.82) is 0 Å². The predicted octanol–water partition coefficient (Wildman–Crippen LogP) is 0.409. The van der Waals surface area contributed by atoms with Crippen molar-refractivity contribution in [3.8, 4) is 0 Å². The maximum absolute atomic E-state index is 12.1. The van der Waals surface area contributed by atoms with E-state index in [1.54, 1.807) is 0 Å². The largest absolute Gasteiger partial charge is 0.480 e. The molecule has 0 aromatic heterocycles. The Balaban J connectivity index is 1.91. The molecule has 0 aromatic carbocycles. The van der Waals surface area contributed by atoms with E-state index in [1.807, 2.05) is 0 Å². The molecule has 2 aliphatic rings. The Morgan fingerprint density at radius 1 is 1.11 bits per heavy atom. The van der Waals surface area contributed by atoms with Crippen molar-refractivity contribution < 1.29 is 24.2 Å². The summed E-state index contributed by atoms with van der Waals surface area (Å²) in [7, 11) is 0. The Kier molecular flexibility index (Phi) is 5.15.